The van der Waals surface area contributed by atoms with Crippen LogP contribution in [0.2, 0.25) is 0 Å². The fourth-order valence-corrected chi connectivity index (χ4v) is 1.82. The van der Waals surface area contributed by atoms with E-state index in [9.17, 15) is 4.79 Å². The molecule has 0 saturated heterocycles. The highest BCUT2D eigenvalue weighted by molar-refractivity contribution is 5.84. The number of unbranched alkanes of at least 4 members (excludes halogenated alkanes) is 1. The zero-order valence-electron chi connectivity index (χ0n) is 8.88. The van der Waals surface area contributed by atoms with Gasteiger partial charge in [0.1, 0.15) is 0 Å². The molecule has 0 aliphatic heterocycles. The van der Waals surface area contributed by atoms with Crippen molar-refractivity contribution >= 4 is 5.97 Å². The Labute approximate surface area is 85.1 Å². The van der Waals surface area contributed by atoms with Crippen LogP contribution in [0.1, 0.15) is 39.5 Å². The summed E-state index contributed by atoms with van der Waals surface area (Å²) < 4.78 is 4.91. The van der Waals surface area contributed by atoms with Crippen molar-refractivity contribution < 1.29 is 9.53 Å². The van der Waals surface area contributed by atoms with Crippen LogP contribution < -0.4 is 0 Å². The number of hydrogen-bond donors (Lipinski definition) is 0. The zero-order chi connectivity index (χ0) is 10.6. The molecular weight excluding hydrogens is 178 g/mol. The molecule has 1 aliphatic carbocycles. The second kappa shape index (κ2) is 4.45. The van der Waals surface area contributed by atoms with Gasteiger partial charge in [-0.1, -0.05) is 19.8 Å². The minimum Gasteiger partial charge on any atom is -0.465 e. The topological polar surface area (TPSA) is 50.1 Å². The molecule has 0 radical (unpaired) electrons. The molecule has 0 aromatic carbocycles. The SMILES string of the molecule is CCCC[C@@H]1C[C@@]1(C#N)C(=O)OCC. The molecule has 0 bridgehead atoms. The number of carbonyl (C=O) groups excluding carboxylic acids is 1. The molecule has 1 saturated carbocycles. The summed E-state index contributed by atoms with van der Waals surface area (Å²) in [5, 5.41) is 8.97. The minimum absolute atomic E-state index is 0.242. The van der Waals surface area contributed by atoms with Crippen LogP contribution in [-0.4, -0.2) is 12.6 Å². The number of nitrogens with zero attached hydrogens (tertiary/aromatic N) is 1. The molecule has 78 valence electrons. The fourth-order valence-electron chi connectivity index (χ4n) is 1.82. The predicted molar refractivity (Wildman–Crippen MR) is 52.3 cm³/mol. The van der Waals surface area contributed by atoms with E-state index < -0.39 is 5.41 Å². The van der Waals surface area contributed by atoms with Crippen molar-refractivity contribution in [3.8, 4) is 6.07 Å². The number of esters is 1. The van der Waals surface area contributed by atoms with Crippen molar-refractivity contribution in [3.63, 3.8) is 0 Å². The third-order valence-corrected chi connectivity index (χ3v) is 2.85. The van der Waals surface area contributed by atoms with E-state index in [4.69, 9.17) is 10.00 Å². The van der Waals surface area contributed by atoms with Gasteiger partial charge in [-0.05, 0) is 25.7 Å². The maximum Gasteiger partial charge on any atom is 0.326 e. The Morgan fingerprint density at radius 1 is 1.64 bits per heavy atom. The summed E-state index contributed by atoms with van der Waals surface area (Å²) >= 11 is 0. The standard InChI is InChI=1S/C11H17NO2/c1-3-5-6-9-7-11(9,8-12)10(13)14-4-2/h9H,3-7H2,1-2H3/t9-,11+/m1/s1. The van der Waals surface area contributed by atoms with Gasteiger partial charge in [0.25, 0.3) is 0 Å². The number of carbonyl (C=O) groups is 1. The summed E-state index contributed by atoms with van der Waals surface area (Å²) in [6.07, 6.45) is 3.87. The van der Waals surface area contributed by atoms with Gasteiger partial charge in [-0.15, -0.1) is 0 Å². The molecule has 3 heteroatoms. The lowest BCUT2D eigenvalue weighted by Gasteiger charge is -2.07. The zero-order valence-corrected chi connectivity index (χ0v) is 8.88. The number of hydrogen-bond acceptors (Lipinski definition) is 3. The van der Waals surface area contributed by atoms with E-state index in [2.05, 4.69) is 13.0 Å². The molecule has 0 aromatic rings. The molecule has 3 nitrogen and oxygen atoms in total. The van der Waals surface area contributed by atoms with Gasteiger partial charge in [-0.25, -0.2) is 0 Å². The van der Waals surface area contributed by atoms with Crippen LogP contribution in [0.4, 0.5) is 0 Å². The highest BCUT2D eigenvalue weighted by atomic mass is 16.5. The van der Waals surface area contributed by atoms with E-state index in [-0.39, 0.29) is 11.9 Å². The molecule has 14 heavy (non-hydrogen) atoms. The Balaban J connectivity index is 2.48. The molecule has 1 rings (SSSR count). The summed E-state index contributed by atoms with van der Waals surface area (Å²) in [6, 6.07) is 2.12. The van der Waals surface area contributed by atoms with Crippen LogP contribution in [0.3, 0.4) is 0 Å². The maximum absolute atomic E-state index is 11.5. The van der Waals surface area contributed by atoms with E-state index >= 15 is 0 Å². The third-order valence-electron chi connectivity index (χ3n) is 2.85. The van der Waals surface area contributed by atoms with Gasteiger partial charge in [0, 0.05) is 0 Å². The van der Waals surface area contributed by atoms with E-state index in [1.165, 1.54) is 0 Å². The summed E-state index contributed by atoms with van der Waals surface area (Å²) in [7, 11) is 0. The van der Waals surface area contributed by atoms with Crippen LogP contribution in [0.15, 0.2) is 0 Å². The summed E-state index contributed by atoms with van der Waals surface area (Å²) in [5.41, 5.74) is -0.787. The first kappa shape index (κ1) is 11.0. The molecular formula is C11H17NO2. The highest BCUT2D eigenvalue weighted by Crippen LogP contribution is 2.55. The normalized spacial score (nSPS) is 29.4. The van der Waals surface area contributed by atoms with Gasteiger partial charge in [-0.3, -0.25) is 4.79 Å². The third kappa shape index (κ3) is 1.89. The first-order chi connectivity index (χ1) is 6.71. The van der Waals surface area contributed by atoms with Gasteiger partial charge in [-0.2, -0.15) is 5.26 Å². The Kier molecular flexibility index (Phi) is 3.51. The summed E-state index contributed by atoms with van der Waals surface area (Å²) in [4.78, 5) is 11.5. The predicted octanol–water partition coefficient (Wildman–Crippen LogP) is 2.27. The van der Waals surface area contributed by atoms with Gasteiger partial charge < -0.3 is 4.74 Å². The van der Waals surface area contributed by atoms with Crippen molar-refractivity contribution in [2.75, 3.05) is 6.61 Å². The molecule has 0 unspecified atom stereocenters. The van der Waals surface area contributed by atoms with Crippen molar-refractivity contribution in [1.29, 1.82) is 5.26 Å². The van der Waals surface area contributed by atoms with Crippen molar-refractivity contribution in [2.45, 2.75) is 39.5 Å². The Morgan fingerprint density at radius 3 is 2.86 bits per heavy atom. The highest BCUT2D eigenvalue weighted by Gasteiger charge is 2.61. The molecule has 0 heterocycles. The molecule has 2 atom stereocenters. The maximum atomic E-state index is 11.5. The first-order valence-electron chi connectivity index (χ1n) is 5.29. The molecule has 1 fully saturated rings. The van der Waals surface area contributed by atoms with Crippen molar-refractivity contribution in [2.24, 2.45) is 11.3 Å². The number of ether oxygens (including phenoxy) is 1. The van der Waals surface area contributed by atoms with Gasteiger partial charge in [0.15, 0.2) is 5.41 Å². The van der Waals surface area contributed by atoms with Crippen molar-refractivity contribution in [3.05, 3.63) is 0 Å². The smallest absolute Gasteiger partial charge is 0.326 e. The van der Waals surface area contributed by atoms with Gasteiger partial charge >= 0.3 is 5.97 Å². The van der Waals surface area contributed by atoms with Gasteiger partial charge in [0.2, 0.25) is 0 Å². The van der Waals surface area contributed by atoms with E-state index in [0.717, 1.165) is 19.3 Å². The second-order valence-corrected chi connectivity index (χ2v) is 3.85. The largest absolute Gasteiger partial charge is 0.465 e. The first-order valence-corrected chi connectivity index (χ1v) is 5.29. The van der Waals surface area contributed by atoms with Gasteiger partial charge in [0.05, 0.1) is 12.7 Å². The molecule has 0 aromatic heterocycles. The van der Waals surface area contributed by atoms with Crippen LogP contribution in [0.25, 0.3) is 0 Å². The second-order valence-electron chi connectivity index (χ2n) is 3.85. The van der Waals surface area contributed by atoms with E-state index in [1.807, 2.05) is 0 Å². The fraction of sp³-hybridized carbons (Fsp3) is 0.818. The quantitative estimate of drug-likeness (QED) is 0.632. The van der Waals surface area contributed by atoms with E-state index in [0.29, 0.717) is 13.0 Å². The lowest BCUT2D eigenvalue weighted by atomic mass is 10.0. The molecule has 0 N–H and O–H groups in total. The Bertz CT molecular complexity index is 257. The Hall–Kier alpha value is -1.04. The average molecular weight is 195 g/mol. The minimum atomic E-state index is -0.787. The average Bonchev–Trinajstić information content (AvgIpc) is 2.90. The molecule has 1 aliphatic rings. The number of rotatable bonds is 5. The van der Waals surface area contributed by atoms with E-state index in [1.54, 1.807) is 6.92 Å². The summed E-state index contributed by atoms with van der Waals surface area (Å²) in [5.74, 6) is -0.0740. The Morgan fingerprint density at radius 2 is 2.36 bits per heavy atom. The lowest BCUT2D eigenvalue weighted by Crippen LogP contribution is -2.19. The summed E-state index contributed by atoms with van der Waals surface area (Å²) in [6.45, 7) is 4.25. The lowest BCUT2D eigenvalue weighted by molar-refractivity contribution is -0.147. The van der Waals surface area contributed by atoms with Crippen LogP contribution >= 0.6 is 0 Å². The van der Waals surface area contributed by atoms with Crippen molar-refractivity contribution in [1.82, 2.24) is 0 Å². The van der Waals surface area contributed by atoms with Crippen LogP contribution in [0, 0.1) is 22.7 Å². The molecule has 0 spiro atoms. The van der Waals surface area contributed by atoms with Crippen LogP contribution in [0.5, 0.6) is 0 Å². The van der Waals surface area contributed by atoms with Crippen LogP contribution in [-0.2, 0) is 9.53 Å². The number of nitriles is 1. The monoisotopic (exact) mass is 195 g/mol. The molecule has 0 amide bonds.